The highest BCUT2D eigenvalue weighted by molar-refractivity contribution is 5.26. The van der Waals surface area contributed by atoms with Gasteiger partial charge < -0.3 is 9.88 Å². The summed E-state index contributed by atoms with van der Waals surface area (Å²) in [5.74, 6) is 0. The maximum Gasteiger partial charge on any atom is 0.0223 e. The molecule has 1 saturated carbocycles. The van der Waals surface area contributed by atoms with Crippen molar-refractivity contribution in [3.05, 3.63) is 23.0 Å². The lowest BCUT2D eigenvalue weighted by Crippen LogP contribution is -2.38. The Kier molecular flexibility index (Phi) is 4.13. The first-order valence-electron chi connectivity index (χ1n) is 7.05. The van der Waals surface area contributed by atoms with E-state index >= 15 is 0 Å². The molecule has 102 valence electrons. The third-order valence-electron chi connectivity index (χ3n) is 4.45. The van der Waals surface area contributed by atoms with Crippen LogP contribution in [0.25, 0.3) is 0 Å². The van der Waals surface area contributed by atoms with Crippen molar-refractivity contribution < 1.29 is 0 Å². The van der Waals surface area contributed by atoms with Gasteiger partial charge in [-0.25, -0.2) is 0 Å². The van der Waals surface area contributed by atoms with Crippen molar-refractivity contribution in [1.82, 2.24) is 14.8 Å². The van der Waals surface area contributed by atoms with Crippen LogP contribution in [0, 0.1) is 13.8 Å². The molecule has 0 spiro atoms. The molecular weight excluding hydrogens is 222 g/mol. The van der Waals surface area contributed by atoms with Crippen molar-refractivity contribution in [2.45, 2.75) is 52.2 Å². The van der Waals surface area contributed by atoms with Gasteiger partial charge in [0.15, 0.2) is 0 Å². The van der Waals surface area contributed by atoms with Crippen LogP contribution < -0.4 is 5.32 Å². The molecule has 0 aromatic carbocycles. The Labute approximate surface area is 111 Å². The molecule has 18 heavy (non-hydrogen) atoms. The molecule has 0 aliphatic heterocycles. The lowest BCUT2D eigenvalue weighted by atomic mass is 10.2. The number of hydrogen-bond donors (Lipinski definition) is 1. The number of aromatic nitrogens is 1. The molecule has 3 nitrogen and oxygen atoms in total. The highest BCUT2D eigenvalue weighted by Gasteiger charge is 2.28. The van der Waals surface area contributed by atoms with Gasteiger partial charge in [0.25, 0.3) is 0 Å². The second kappa shape index (κ2) is 5.45. The number of hydrogen-bond acceptors (Lipinski definition) is 2. The number of likely N-dealkylation sites (N-methyl/N-ethyl adjacent to an activating group) is 1. The summed E-state index contributed by atoms with van der Waals surface area (Å²) < 4.78 is 2.26. The molecule has 1 fully saturated rings. The van der Waals surface area contributed by atoms with Crippen LogP contribution in [0.4, 0.5) is 0 Å². The van der Waals surface area contributed by atoms with E-state index in [1.54, 1.807) is 0 Å². The van der Waals surface area contributed by atoms with E-state index in [0.29, 0.717) is 6.04 Å². The minimum absolute atomic E-state index is 0.627. The zero-order valence-electron chi connectivity index (χ0n) is 12.5. The topological polar surface area (TPSA) is 20.2 Å². The second-order valence-electron chi connectivity index (χ2n) is 5.83. The van der Waals surface area contributed by atoms with Crippen molar-refractivity contribution in [1.29, 1.82) is 0 Å². The van der Waals surface area contributed by atoms with Crippen LogP contribution in [0.15, 0.2) is 6.07 Å². The van der Waals surface area contributed by atoms with E-state index in [-0.39, 0.29) is 0 Å². The van der Waals surface area contributed by atoms with Gasteiger partial charge in [0, 0.05) is 43.6 Å². The molecule has 1 aromatic heterocycles. The Hall–Kier alpha value is -0.800. The van der Waals surface area contributed by atoms with Gasteiger partial charge in [-0.1, -0.05) is 0 Å². The maximum atomic E-state index is 3.59. The average molecular weight is 249 g/mol. The van der Waals surface area contributed by atoms with Crippen LogP contribution in [0.2, 0.25) is 0 Å². The molecular formula is C15H27N3. The normalized spacial score (nSPS) is 17.4. The molecule has 1 N–H and O–H groups in total. The largest absolute Gasteiger partial charge is 0.352 e. The zero-order chi connectivity index (χ0) is 13.3. The monoisotopic (exact) mass is 249 g/mol. The third kappa shape index (κ3) is 2.96. The molecule has 1 atom stereocenters. The van der Waals surface area contributed by atoms with Crippen molar-refractivity contribution in [3.8, 4) is 0 Å². The SMILES string of the molecule is Cc1cc(CNCC(C)N(C)C2CC2)c(C)n1C. The van der Waals surface area contributed by atoms with Gasteiger partial charge >= 0.3 is 0 Å². The fourth-order valence-electron chi connectivity index (χ4n) is 2.51. The van der Waals surface area contributed by atoms with E-state index in [0.717, 1.165) is 19.1 Å². The summed E-state index contributed by atoms with van der Waals surface area (Å²) in [6.45, 7) is 8.73. The molecule has 3 heteroatoms. The number of rotatable bonds is 6. The van der Waals surface area contributed by atoms with Gasteiger partial charge in [0.05, 0.1) is 0 Å². The Morgan fingerprint density at radius 2 is 2.11 bits per heavy atom. The fourth-order valence-corrected chi connectivity index (χ4v) is 2.51. The van der Waals surface area contributed by atoms with Crippen LogP contribution in [0.1, 0.15) is 36.7 Å². The Morgan fingerprint density at radius 1 is 1.44 bits per heavy atom. The predicted octanol–water partition coefficient (Wildman–Crippen LogP) is 2.21. The molecule has 0 amide bonds. The fraction of sp³-hybridized carbons (Fsp3) is 0.733. The van der Waals surface area contributed by atoms with E-state index in [2.05, 4.69) is 55.7 Å². The smallest absolute Gasteiger partial charge is 0.0223 e. The van der Waals surface area contributed by atoms with E-state index < -0.39 is 0 Å². The van der Waals surface area contributed by atoms with E-state index in [1.165, 1.54) is 29.8 Å². The average Bonchev–Trinajstić information content (AvgIpc) is 3.15. The summed E-state index contributed by atoms with van der Waals surface area (Å²) in [6, 6.07) is 3.77. The van der Waals surface area contributed by atoms with Gasteiger partial charge in [0.1, 0.15) is 0 Å². The summed E-state index contributed by atoms with van der Waals surface area (Å²) in [5.41, 5.74) is 4.15. The lowest BCUT2D eigenvalue weighted by molar-refractivity contribution is 0.241. The number of nitrogens with one attached hydrogen (secondary N) is 1. The van der Waals surface area contributed by atoms with Crippen molar-refractivity contribution in [2.24, 2.45) is 7.05 Å². The molecule has 0 saturated heterocycles. The van der Waals surface area contributed by atoms with Gasteiger partial charge in [-0.2, -0.15) is 0 Å². The highest BCUT2D eigenvalue weighted by Crippen LogP contribution is 2.26. The van der Waals surface area contributed by atoms with Crippen LogP contribution in [0.3, 0.4) is 0 Å². The molecule has 1 aliphatic carbocycles. The Balaban J connectivity index is 1.79. The Morgan fingerprint density at radius 3 is 2.61 bits per heavy atom. The van der Waals surface area contributed by atoms with Gasteiger partial charge in [-0.05, 0) is 52.3 Å². The van der Waals surface area contributed by atoms with E-state index in [9.17, 15) is 0 Å². The van der Waals surface area contributed by atoms with E-state index in [4.69, 9.17) is 0 Å². The second-order valence-corrected chi connectivity index (χ2v) is 5.83. The zero-order valence-corrected chi connectivity index (χ0v) is 12.5. The quantitative estimate of drug-likeness (QED) is 0.834. The standard InChI is InChI=1S/C15H27N3/c1-11-8-14(13(3)17(11)4)10-16-9-12(2)18(5)15-6-7-15/h8,12,15-16H,6-7,9-10H2,1-5H3. The van der Waals surface area contributed by atoms with Gasteiger partial charge in [0.2, 0.25) is 0 Å². The minimum Gasteiger partial charge on any atom is -0.352 e. The molecule has 1 aliphatic rings. The van der Waals surface area contributed by atoms with Gasteiger partial charge in [-0.15, -0.1) is 0 Å². The molecule has 0 radical (unpaired) electrons. The lowest BCUT2D eigenvalue weighted by Gasteiger charge is -2.24. The molecule has 1 unspecified atom stereocenters. The van der Waals surface area contributed by atoms with Crippen molar-refractivity contribution >= 4 is 0 Å². The first-order chi connectivity index (χ1) is 8.50. The number of aryl methyl sites for hydroxylation is 1. The summed E-state index contributed by atoms with van der Waals surface area (Å²) in [6.07, 6.45) is 2.77. The predicted molar refractivity (Wildman–Crippen MR) is 76.8 cm³/mol. The summed E-state index contributed by atoms with van der Waals surface area (Å²) in [7, 11) is 4.39. The minimum atomic E-state index is 0.627. The van der Waals surface area contributed by atoms with Crippen molar-refractivity contribution in [3.63, 3.8) is 0 Å². The Bertz CT molecular complexity index is 404. The van der Waals surface area contributed by atoms with Crippen LogP contribution in [-0.2, 0) is 13.6 Å². The first-order valence-corrected chi connectivity index (χ1v) is 7.05. The van der Waals surface area contributed by atoms with Gasteiger partial charge in [-0.3, -0.25) is 4.90 Å². The third-order valence-corrected chi connectivity index (χ3v) is 4.45. The summed E-state index contributed by atoms with van der Waals surface area (Å²) in [5, 5.41) is 3.59. The molecule has 0 bridgehead atoms. The molecule has 1 heterocycles. The summed E-state index contributed by atoms with van der Waals surface area (Å²) in [4.78, 5) is 2.51. The molecule has 1 aromatic rings. The van der Waals surface area contributed by atoms with E-state index in [1.807, 2.05) is 0 Å². The van der Waals surface area contributed by atoms with Crippen LogP contribution >= 0.6 is 0 Å². The highest BCUT2D eigenvalue weighted by atomic mass is 15.2. The maximum absolute atomic E-state index is 3.59. The first kappa shape index (κ1) is 13.6. The molecule has 2 rings (SSSR count). The number of nitrogens with zero attached hydrogens (tertiary/aromatic N) is 2. The van der Waals surface area contributed by atoms with Crippen LogP contribution in [0.5, 0.6) is 0 Å². The van der Waals surface area contributed by atoms with Crippen molar-refractivity contribution in [2.75, 3.05) is 13.6 Å². The van der Waals surface area contributed by atoms with Crippen LogP contribution in [-0.4, -0.2) is 35.1 Å². The summed E-state index contributed by atoms with van der Waals surface area (Å²) >= 11 is 0.